The Hall–Kier alpha value is -3.17. The molecule has 0 saturated heterocycles. The van der Waals surface area contributed by atoms with E-state index in [1.54, 1.807) is 11.3 Å². The molecule has 1 aliphatic heterocycles. The van der Waals surface area contributed by atoms with Gasteiger partial charge >= 0.3 is 0 Å². The number of hydrogen-bond acceptors (Lipinski definition) is 2. The fourth-order valence-corrected chi connectivity index (χ4v) is 6.32. The van der Waals surface area contributed by atoms with Crippen LogP contribution in [0.1, 0.15) is 28.5 Å². The predicted molar refractivity (Wildman–Crippen MR) is 120 cm³/mol. The van der Waals surface area contributed by atoms with Crippen LogP contribution in [0.5, 0.6) is 0 Å². The molecule has 29 heavy (non-hydrogen) atoms. The fraction of sp³-hybridized carbons (Fsp3) is 0.115. The van der Waals surface area contributed by atoms with E-state index >= 15 is 0 Å². The van der Waals surface area contributed by atoms with E-state index in [1.807, 2.05) is 29.2 Å². The number of nitrogens with zero attached hydrogens (tertiary/aromatic N) is 1. The van der Waals surface area contributed by atoms with Gasteiger partial charge in [0.25, 0.3) is 0 Å². The number of amides is 1. The summed E-state index contributed by atoms with van der Waals surface area (Å²) in [4.78, 5) is 17.4. The molecule has 140 valence electrons. The van der Waals surface area contributed by atoms with E-state index in [1.165, 1.54) is 20.5 Å². The van der Waals surface area contributed by atoms with Crippen LogP contribution in [-0.2, 0) is 16.8 Å². The largest absolute Gasteiger partial charge is 0.306 e. The second-order valence-electron chi connectivity index (χ2n) is 7.81. The average Bonchev–Trinajstić information content (AvgIpc) is 3.33. The van der Waals surface area contributed by atoms with Crippen LogP contribution >= 0.6 is 11.3 Å². The summed E-state index contributed by atoms with van der Waals surface area (Å²) in [5.41, 5.74) is 4.86. The molecule has 2 aliphatic rings. The van der Waals surface area contributed by atoms with Gasteiger partial charge in [0.2, 0.25) is 5.91 Å². The van der Waals surface area contributed by atoms with Crippen molar-refractivity contribution in [2.45, 2.75) is 18.9 Å². The predicted octanol–water partition coefficient (Wildman–Crippen LogP) is 6.15. The van der Waals surface area contributed by atoms with Crippen molar-refractivity contribution in [1.29, 1.82) is 0 Å². The van der Waals surface area contributed by atoms with E-state index in [-0.39, 0.29) is 5.91 Å². The van der Waals surface area contributed by atoms with E-state index in [0.29, 0.717) is 6.54 Å². The Morgan fingerprint density at radius 2 is 1.62 bits per heavy atom. The van der Waals surface area contributed by atoms with Crippen molar-refractivity contribution < 1.29 is 4.79 Å². The van der Waals surface area contributed by atoms with Gasteiger partial charge in [-0.1, -0.05) is 66.7 Å². The summed E-state index contributed by atoms with van der Waals surface area (Å²) in [6.45, 7) is 2.70. The summed E-state index contributed by atoms with van der Waals surface area (Å²) in [6, 6.07) is 27.0. The normalized spacial score (nSPS) is 19.7. The van der Waals surface area contributed by atoms with Gasteiger partial charge in [0.05, 0.1) is 6.54 Å². The Morgan fingerprint density at radius 1 is 0.897 bits per heavy atom. The Labute approximate surface area is 173 Å². The number of carbonyl (C=O) groups excluding carboxylic acids is 1. The zero-order valence-corrected chi connectivity index (χ0v) is 16.9. The minimum absolute atomic E-state index is 0.165. The van der Waals surface area contributed by atoms with Crippen LogP contribution in [0.4, 0.5) is 5.69 Å². The molecule has 3 aromatic carbocycles. The highest BCUT2D eigenvalue weighted by atomic mass is 32.1. The van der Waals surface area contributed by atoms with Crippen LogP contribution in [-0.4, -0.2) is 5.91 Å². The highest BCUT2D eigenvalue weighted by molar-refractivity contribution is 7.20. The molecule has 0 bridgehead atoms. The molecule has 1 aromatic heterocycles. The Balaban J connectivity index is 1.62. The lowest BCUT2D eigenvalue weighted by atomic mass is 9.72. The maximum absolute atomic E-state index is 14.2. The Morgan fingerprint density at radius 3 is 2.48 bits per heavy atom. The van der Waals surface area contributed by atoms with Gasteiger partial charge in [-0.25, -0.2) is 0 Å². The highest BCUT2D eigenvalue weighted by Crippen LogP contribution is 2.58. The van der Waals surface area contributed by atoms with Crippen LogP contribution in [0.15, 0.2) is 84.4 Å². The third kappa shape index (κ3) is 2.08. The molecule has 2 nitrogen and oxygen atoms in total. The van der Waals surface area contributed by atoms with Gasteiger partial charge < -0.3 is 4.90 Å². The van der Waals surface area contributed by atoms with Crippen LogP contribution in [0, 0.1) is 0 Å². The SMILES string of the molecule is CC1=Cc2sc3ccccc3c2[C@]12C(=O)N(Cc1ccccc1)c1ccccc12. The molecule has 1 atom stereocenters. The smallest absolute Gasteiger partial charge is 0.246 e. The third-order valence-electron chi connectivity index (χ3n) is 6.29. The van der Waals surface area contributed by atoms with Crippen LogP contribution < -0.4 is 4.90 Å². The van der Waals surface area contributed by atoms with Crippen LogP contribution in [0.25, 0.3) is 16.2 Å². The quantitative estimate of drug-likeness (QED) is 0.400. The number of fused-ring (bicyclic) bond motifs is 6. The lowest BCUT2D eigenvalue weighted by molar-refractivity contribution is -0.120. The van der Waals surface area contributed by atoms with Crippen molar-refractivity contribution in [2.24, 2.45) is 0 Å². The molecule has 1 aliphatic carbocycles. The maximum Gasteiger partial charge on any atom is 0.246 e. The van der Waals surface area contributed by atoms with Crippen LogP contribution in [0.3, 0.4) is 0 Å². The lowest BCUT2D eigenvalue weighted by Gasteiger charge is -2.27. The van der Waals surface area contributed by atoms with Crippen molar-refractivity contribution in [3.8, 4) is 0 Å². The Bertz CT molecular complexity index is 1320. The number of hydrogen-bond donors (Lipinski definition) is 0. The number of anilines is 1. The molecule has 3 heteroatoms. The summed E-state index contributed by atoms with van der Waals surface area (Å²) in [7, 11) is 0. The summed E-state index contributed by atoms with van der Waals surface area (Å²) >= 11 is 1.79. The molecule has 2 heterocycles. The molecule has 0 saturated carbocycles. The molecule has 1 spiro atoms. The van der Waals surface area contributed by atoms with Gasteiger partial charge in [-0.05, 0) is 41.7 Å². The molecule has 0 radical (unpaired) electrons. The van der Waals surface area contributed by atoms with Crippen molar-refractivity contribution in [3.63, 3.8) is 0 Å². The Kier molecular flexibility index (Phi) is 3.42. The summed E-state index contributed by atoms with van der Waals surface area (Å²) in [6.07, 6.45) is 2.22. The van der Waals surface area contributed by atoms with Gasteiger partial charge in [-0.2, -0.15) is 0 Å². The van der Waals surface area contributed by atoms with E-state index in [9.17, 15) is 4.79 Å². The average molecular weight is 394 g/mol. The summed E-state index contributed by atoms with van der Waals surface area (Å²) < 4.78 is 1.24. The fourth-order valence-electron chi connectivity index (χ4n) is 5.05. The first-order chi connectivity index (χ1) is 14.2. The zero-order valence-electron chi connectivity index (χ0n) is 16.1. The van der Waals surface area contributed by atoms with Gasteiger partial charge in [-0.3, -0.25) is 4.79 Å². The van der Waals surface area contributed by atoms with E-state index in [0.717, 1.165) is 22.4 Å². The van der Waals surface area contributed by atoms with Crippen molar-refractivity contribution in [3.05, 3.63) is 106 Å². The first kappa shape index (κ1) is 16.8. The van der Waals surface area contributed by atoms with Gasteiger partial charge in [0.15, 0.2) is 0 Å². The van der Waals surface area contributed by atoms with Crippen LogP contribution in [0.2, 0.25) is 0 Å². The van der Waals surface area contributed by atoms with E-state index in [2.05, 4.69) is 67.6 Å². The topological polar surface area (TPSA) is 20.3 Å². The molecule has 1 amide bonds. The van der Waals surface area contributed by atoms with Gasteiger partial charge in [0.1, 0.15) is 5.41 Å². The zero-order chi connectivity index (χ0) is 19.6. The molecule has 4 aromatic rings. The lowest BCUT2D eigenvalue weighted by Crippen LogP contribution is -2.40. The maximum atomic E-state index is 14.2. The molecule has 0 fully saturated rings. The molecule has 0 N–H and O–H groups in total. The van der Waals surface area contributed by atoms with Gasteiger partial charge in [-0.15, -0.1) is 11.3 Å². The van der Waals surface area contributed by atoms with E-state index < -0.39 is 5.41 Å². The first-order valence-electron chi connectivity index (χ1n) is 9.87. The van der Waals surface area contributed by atoms with Crippen molar-refractivity contribution >= 4 is 39.1 Å². The molecular formula is C26H19NOS. The number of rotatable bonds is 2. The van der Waals surface area contributed by atoms with Crippen molar-refractivity contribution in [2.75, 3.05) is 4.90 Å². The van der Waals surface area contributed by atoms with Gasteiger partial charge in [0, 0.05) is 26.4 Å². The molecular weight excluding hydrogens is 374 g/mol. The highest BCUT2D eigenvalue weighted by Gasteiger charge is 2.57. The first-order valence-corrected chi connectivity index (χ1v) is 10.7. The number of carbonyl (C=O) groups is 1. The number of para-hydroxylation sites is 1. The van der Waals surface area contributed by atoms with E-state index in [4.69, 9.17) is 0 Å². The number of thiophene rings is 1. The van der Waals surface area contributed by atoms with Crippen molar-refractivity contribution in [1.82, 2.24) is 0 Å². The minimum Gasteiger partial charge on any atom is -0.306 e. The summed E-state index contributed by atoms with van der Waals surface area (Å²) in [5.74, 6) is 0.165. The second kappa shape index (κ2) is 5.91. The molecule has 0 unspecified atom stereocenters. The third-order valence-corrected chi connectivity index (χ3v) is 7.40. The minimum atomic E-state index is -0.708. The number of benzene rings is 3. The standard InChI is InChI=1S/C26H19NOS/c1-17-15-23-24(19-11-5-8-14-22(19)29-23)26(17)20-12-6-7-13-21(20)27(25(26)28)16-18-9-3-2-4-10-18/h2-15H,16H2,1H3/t26-/m0/s1. The summed E-state index contributed by atoms with van der Waals surface area (Å²) in [5, 5.41) is 1.20. The monoisotopic (exact) mass is 393 g/mol. The second-order valence-corrected chi connectivity index (χ2v) is 8.89. The molecule has 6 rings (SSSR count).